The van der Waals surface area contributed by atoms with Gasteiger partial charge in [0.05, 0.1) is 6.54 Å². The van der Waals surface area contributed by atoms with E-state index >= 15 is 0 Å². The topological polar surface area (TPSA) is 41.1 Å². The second-order valence-corrected chi connectivity index (χ2v) is 4.27. The van der Waals surface area contributed by atoms with Gasteiger partial charge >= 0.3 is 0 Å². The predicted octanol–water partition coefficient (Wildman–Crippen LogP) is 2.14. The number of amides is 1. The Labute approximate surface area is 119 Å². The Morgan fingerprint density at radius 2 is 1.84 bits per heavy atom. The summed E-state index contributed by atoms with van der Waals surface area (Å²) < 4.78 is 0. The second kappa shape index (κ2) is 7.77. The Bertz CT molecular complexity index is 537. The molecule has 0 spiro atoms. The molecule has 1 amide bonds. The minimum Gasteiger partial charge on any atom is -0.355 e. The van der Waals surface area contributed by atoms with Crippen LogP contribution in [0.15, 0.2) is 42.5 Å². The first-order valence-electron chi connectivity index (χ1n) is 6.19. The van der Waals surface area contributed by atoms with Crippen LogP contribution in [0.4, 0.5) is 0 Å². The predicted molar refractivity (Wildman–Crippen MR) is 81.8 cm³/mol. The van der Waals surface area contributed by atoms with Gasteiger partial charge in [-0.15, -0.1) is 12.4 Å². The molecule has 0 unspecified atom stereocenters. The van der Waals surface area contributed by atoms with Crippen molar-refractivity contribution in [2.45, 2.75) is 6.42 Å². The van der Waals surface area contributed by atoms with Gasteiger partial charge in [0.25, 0.3) is 0 Å². The summed E-state index contributed by atoms with van der Waals surface area (Å²) in [5.74, 6) is 0.0396. The van der Waals surface area contributed by atoms with Crippen molar-refractivity contribution in [1.29, 1.82) is 0 Å². The average molecular weight is 279 g/mol. The minimum atomic E-state index is 0. The molecule has 102 valence electrons. The zero-order chi connectivity index (χ0) is 12.8. The zero-order valence-corrected chi connectivity index (χ0v) is 11.8. The van der Waals surface area contributed by atoms with Gasteiger partial charge in [0.1, 0.15) is 0 Å². The summed E-state index contributed by atoms with van der Waals surface area (Å²) in [6, 6.07) is 14.6. The van der Waals surface area contributed by atoms with Crippen LogP contribution in [0.2, 0.25) is 0 Å². The van der Waals surface area contributed by atoms with Crippen LogP contribution < -0.4 is 10.6 Å². The van der Waals surface area contributed by atoms with E-state index in [-0.39, 0.29) is 18.3 Å². The minimum absolute atomic E-state index is 0. The van der Waals surface area contributed by atoms with E-state index in [9.17, 15) is 4.79 Å². The first-order chi connectivity index (χ1) is 8.81. The molecule has 0 bridgehead atoms. The number of likely N-dealkylation sites (N-methyl/N-ethyl adjacent to an activating group) is 1. The lowest BCUT2D eigenvalue weighted by Crippen LogP contribution is -2.33. The Morgan fingerprint density at radius 1 is 1.11 bits per heavy atom. The molecule has 0 aliphatic heterocycles. The van der Waals surface area contributed by atoms with E-state index in [4.69, 9.17) is 0 Å². The van der Waals surface area contributed by atoms with Gasteiger partial charge in [-0.25, -0.2) is 0 Å². The van der Waals surface area contributed by atoms with E-state index in [2.05, 4.69) is 41.0 Å². The van der Waals surface area contributed by atoms with Crippen LogP contribution in [0, 0.1) is 0 Å². The average Bonchev–Trinajstić information content (AvgIpc) is 2.39. The van der Waals surface area contributed by atoms with Crippen LogP contribution in [0.3, 0.4) is 0 Å². The lowest BCUT2D eigenvalue weighted by atomic mass is 10.0. The first kappa shape index (κ1) is 15.5. The molecule has 0 saturated carbocycles. The highest BCUT2D eigenvalue weighted by molar-refractivity contribution is 5.86. The highest BCUT2D eigenvalue weighted by Crippen LogP contribution is 2.18. The Kier molecular flexibility index (Phi) is 6.33. The van der Waals surface area contributed by atoms with Gasteiger partial charge in [-0.3, -0.25) is 4.79 Å². The summed E-state index contributed by atoms with van der Waals surface area (Å²) >= 11 is 0. The van der Waals surface area contributed by atoms with Crippen molar-refractivity contribution < 1.29 is 4.79 Å². The number of nitrogens with one attached hydrogen (secondary N) is 2. The number of benzene rings is 2. The molecule has 0 fully saturated rings. The largest absolute Gasteiger partial charge is 0.355 e. The molecule has 0 aliphatic carbocycles. The maximum Gasteiger partial charge on any atom is 0.233 e. The molecule has 0 radical (unpaired) electrons. The van der Waals surface area contributed by atoms with Crippen LogP contribution in [-0.4, -0.2) is 26.0 Å². The SMILES string of the molecule is CNCC(=O)NCCc1cccc2ccccc12.Cl. The third-order valence-corrected chi connectivity index (χ3v) is 2.93. The maximum atomic E-state index is 11.3. The van der Waals surface area contributed by atoms with Crippen LogP contribution in [0.25, 0.3) is 10.8 Å². The number of fused-ring (bicyclic) bond motifs is 1. The molecule has 0 saturated heterocycles. The van der Waals surface area contributed by atoms with Crippen LogP contribution in [-0.2, 0) is 11.2 Å². The molecule has 2 rings (SSSR count). The molecule has 0 aromatic heterocycles. The van der Waals surface area contributed by atoms with E-state index in [1.54, 1.807) is 7.05 Å². The zero-order valence-electron chi connectivity index (χ0n) is 11.0. The van der Waals surface area contributed by atoms with Crippen LogP contribution in [0.5, 0.6) is 0 Å². The fraction of sp³-hybridized carbons (Fsp3) is 0.267. The summed E-state index contributed by atoms with van der Waals surface area (Å²) in [5, 5.41) is 8.24. The number of hydrogen-bond acceptors (Lipinski definition) is 2. The molecule has 19 heavy (non-hydrogen) atoms. The number of rotatable bonds is 5. The third kappa shape index (κ3) is 4.23. The monoisotopic (exact) mass is 278 g/mol. The molecule has 2 aromatic carbocycles. The Hall–Kier alpha value is -1.58. The number of hydrogen-bond donors (Lipinski definition) is 2. The normalized spacial score (nSPS) is 9.95. The highest BCUT2D eigenvalue weighted by atomic mass is 35.5. The van der Waals surface area contributed by atoms with E-state index in [0.29, 0.717) is 13.1 Å². The second-order valence-electron chi connectivity index (χ2n) is 4.27. The van der Waals surface area contributed by atoms with Crippen molar-refractivity contribution in [1.82, 2.24) is 10.6 Å². The van der Waals surface area contributed by atoms with Gasteiger partial charge in [0, 0.05) is 6.54 Å². The standard InChI is InChI=1S/C15H18N2O.ClH/c1-16-11-15(18)17-10-9-13-7-4-6-12-5-2-3-8-14(12)13;/h2-8,16H,9-11H2,1H3,(H,17,18);1H. The van der Waals surface area contributed by atoms with E-state index in [1.165, 1.54) is 16.3 Å². The highest BCUT2D eigenvalue weighted by Gasteiger charge is 2.01. The number of halogens is 1. The lowest BCUT2D eigenvalue weighted by Gasteiger charge is -2.08. The van der Waals surface area contributed by atoms with Gasteiger partial charge in [-0.2, -0.15) is 0 Å². The molecule has 2 aromatic rings. The van der Waals surface area contributed by atoms with E-state index in [1.807, 2.05) is 12.1 Å². The maximum absolute atomic E-state index is 11.3. The fourth-order valence-corrected chi connectivity index (χ4v) is 2.07. The van der Waals surface area contributed by atoms with Gasteiger partial charge in [0.2, 0.25) is 5.91 Å². The van der Waals surface area contributed by atoms with Gasteiger partial charge in [-0.1, -0.05) is 42.5 Å². The molecule has 0 aliphatic rings. The Balaban J connectivity index is 0.00000180. The Morgan fingerprint density at radius 3 is 2.63 bits per heavy atom. The number of carbonyl (C=O) groups excluding carboxylic acids is 1. The van der Waals surface area contributed by atoms with Gasteiger partial charge in [-0.05, 0) is 29.8 Å². The summed E-state index contributed by atoms with van der Waals surface area (Å²) in [6.45, 7) is 1.05. The van der Waals surface area contributed by atoms with Crippen molar-refractivity contribution in [2.24, 2.45) is 0 Å². The lowest BCUT2D eigenvalue weighted by molar-refractivity contribution is -0.120. The number of carbonyl (C=O) groups is 1. The summed E-state index contributed by atoms with van der Waals surface area (Å²) in [7, 11) is 1.77. The van der Waals surface area contributed by atoms with Crippen LogP contribution >= 0.6 is 12.4 Å². The van der Waals surface area contributed by atoms with Gasteiger partial charge in [0.15, 0.2) is 0 Å². The van der Waals surface area contributed by atoms with Crippen LogP contribution in [0.1, 0.15) is 5.56 Å². The molecular formula is C15H19ClN2O. The molecule has 4 heteroatoms. The van der Waals surface area contributed by atoms with Crippen molar-refractivity contribution in [3.05, 3.63) is 48.0 Å². The van der Waals surface area contributed by atoms with Crippen molar-refractivity contribution >= 4 is 29.1 Å². The summed E-state index contributed by atoms with van der Waals surface area (Å²) in [4.78, 5) is 11.3. The van der Waals surface area contributed by atoms with E-state index < -0.39 is 0 Å². The first-order valence-corrected chi connectivity index (χ1v) is 6.19. The quantitative estimate of drug-likeness (QED) is 0.880. The van der Waals surface area contributed by atoms with Crippen molar-refractivity contribution in [3.63, 3.8) is 0 Å². The summed E-state index contributed by atoms with van der Waals surface area (Å²) in [6.07, 6.45) is 0.858. The fourth-order valence-electron chi connectivity index (χ4n) is 2.07. The third-order valence-electron chi connectivity index (χ3n) is 2.93. The van der Waals surface area contributed by atoms with E-state index in [0.717, 1.165) is 6.42 Å². The van der Waals surface area contributed by atoms with Gasteiger partial charge < -0.3 is 10.6 Å². The molecule has 3 nitrogen and oxygen atoms in total. The molecular weight excluding hydrogens is 260 g/mol. The summed E-state index contributed by atoms with van der Waals surface area (Å²) in [5.41, 5.74) is 1.28. The molecule has 0 heterocycles. The van der Waals surface area contributed by atoms with Crippen molar-refractivity contribution in [3.8, 4) is 0 Å². The smallest absolute Gasteiger partial charge is 0.233 e. The molecule has 0 atom stereocenters. The van der Waals surface area contributed by atoms with Crippen molar-refractivity contribution in [2.75, 3.05) is 20.1 Å². The molecule has 2 N–H and O–H groups in total.